The number of hydrogen-bond acceptors (Lipinski definition) is 7. The van der Waals surface area contributed by atoms with Crippen LogP contribution in [0.3, 0.4) is 0 Å². The molecule has 2 aliphatic rings. The van der Waals surface area contributed by atoms with Gasteiger partial charge >= 0.3 is 6.01 Å². The minimum absolute atomic E-state index is 0.262. The second-order valence-corrected chi connectivity index (χ2v) is 8.42. The molecule has 0 bridgehead atoms. The van der Waals surface area contributed by atoms with Crippen molar-refractivity contribution in [3.63, 3.8) is 0 Å². The van der Waals surface area contributed by atoms with E-state index in [2.05, 4.69) is 50.2 Å². The largest absolute Gasteiger partial charge is 0.467 e. The second-order valence-electron chi connectivity index (χ2n) is 8.02. The van der Waals surface area contributed by atoms with Gasteiger partial charge in [-0.05, 0) is 23.9 Å². The molecule has 0 amide bonds. The number of ether oxygens (including phenoxy) is 1. The number of aromatic nitrogens is 2. The Labute approximate surface area is 186 Å². The highest BCUT2D eigenvalue weighted by molar-refractivity contribution is 6.36. The Morgan fingerprint density at radius 1 is 1.19 bits per heavy atom. The summed E-state index contributed by atoms with van der Waals surface area (Å²) in [6.45, 7) is 2.95. The van der Waals surface area contributed by atoms with E-state index >= 15 is 0 Å². The van der Waals surface area contributed by atoms with E-state index in [-0.39, 0.29) is 6.04 Å². The second kappa shape index (κ2) is 7.78. The lowest BCUT2D eigenvalue weighted by Gasteiger charge is -2.42. The number of anilines is 2. The number of likely N-dealkylation sites (N-methyl/N-ethyl adjacent to an activating group) is 1. The molecule has 3 aromatic rings. The van der Waals surface area contributed by atoms with Gasteiger partial charge in [0.1, 0.15) is 5.82 Å². The van der Waals surface area contributed by atoms with E-state index < -0.39 is 0 Å². The lowest BCUT2D eigenvalue weighted by atomic mass is 10.0. The molecule has 1 saturated heterocycles. The van der Waals surface area contributed by atoms with Crippen LogP contribution in [-0.2, 0) is 13.0 Å². The number of hydrogen-bond donors (Lipinski definition) is 0. The van der Waals surface area contributed by atoms with Crippen molar-refractivity contribution in [2.45, 2.75) is 19.0 Å². The fraction of sp³-hybridized carbons (Fsp3) is 0.348. The van der Waals surface area contributed by atoms with E-state index in [1.165, 1.54) is 0 Å². The lowest BCUT2D eigenvalue weighted by molar-refractivity contribution is 0.227. The van der Waals surface area contributed by atoms with Crippen molar-refractivity contribution in [2.24, 2.45) is 0 Å². The highest BCUT2D eigenvalue weighted by Gasteiger charge is 2.33. The quantitative estimate of drug-likeness (QED) is 0.582. The average Bonchev–Trinajstić information content (AvgIpc) is 2.77. The van der Waals surface area contributed by atoms with Crippen molar-refractivity contribution in [3.8, 4) is 12.2 Å². The molecule has 2 aliphatic heterocycles. The minimum Gasteiger partial charge on any atom is -0.467 e. The number of likely N-dealkylation sites (tertiary alicyclic amines) is 1. The van der Waals surface area contributed by atoms with Gasteiger partial charge in [0, 0.05) is 30.2 Å². The topological polar surface area (TPSA) is 68.5 Å². The number of rotatable bonds is 4. The van der Waals surface area contributed by atoms with Crippen molar-refractivity contribution in [2.75, 3.05) is 43.6 Å². The van der Waals surface area contributed by atoms with Gasteiger partial charge in [-0.25, -0.2) is 0 Å². The molecule has 2 aromatic carbocycles. The van der Waals surface area contributed by atoms with Crippen LogP contribution in [0.25, 0.3) is 10.8 Å². The van der Waals surface area contributed by atoms with Crippen LogP contribution in [0.5, 0.6) is 6.01 Å². The first-order chi connectivity index (χ1) is 15.1. The Morgan fingerprint density at radius 3 is 2.71 bits per heavy atom. The summed E-state index contributed by atoms with van der Waals surface area (Å²) in [7, 11) is 3.63. The van der Waals surface area contributed by atoms with E-state index in [4.69, 9.17) is 21.6 Å². The van der Waals surface area contributed by atoms with Crippen LogP contribution in [0.2, 0.25) is 5.02 Å². The minimum atomic E-state index is 0.262. The van der Waals surface area contributed by atoms with Gasteiger partial charge in [0.05, 0.1) is 43.5 Å². The van der Waals surface area contributed by atoms with Gasteiger partial charge < -0.3 is 19.4 Å². The van der Waals surface area contributed by atoms with Crippen LogP contribution >= 0.6 is 11.6 Å². The molecule has 3 heterocycles. The standard InChI is InChI=1S/C23H23ClN6O/c1-28(16-11-29(12-16)14-25)22-17-9-10-30(13-19(17)26-23(27-22)31-2)20-8-4-6-15-5-3-7-18(24)21(15)20/h3-8,16H,9-13H2,1-2H3. The maximum atomic E-state index is 9.06. The Bertz CT molecular complexity index is 1180. The SMILES string of the molecule is COc1nc2c(c(N(C)C3CN(C#N)C3)n1)CCN(c1cccc3cccc(Cl)c13)C2. The van der Waals surface area contributed by atoms with Gasteiger partial charge in [-0.2, -0.15) is 15.2 Å². The number of fused-ring (bicyclic) bond motifs is 2. The molecule has 8 heteroatoms. The van der Waals surface area contributed by atoms with Crippen LogP contribution in [0, 0.1) is 11.5 Å². The molecule has 0 spiro atoms. The Kier molecular flexibility index (Phi) is 4.95. The molecule has 5 rings (SSSR count). The molecule has 7 nitrogen and oxygen atoms in total. The number of nitriles is 1. The molecule has 158 valence electrons. The first kappa shape index (κ1) is 19.7. The molecule has 0 unspecified atom stereocenters. The first-order valence-corrected chi connectivity index (χ1v) is 10.7. The molecule has 31 heavy (non-hydrogen) atoms. The van der Waals surface area contributed by atoms with Gasteiger partial charge in [0.2, 0.25) is 0 Å². The smallest absolute Gasteiger partial charge is 0.318 e. The van der Waals surface area contributed by atoms with E-state index in [0.717, 1.165) is 51.5 Å². The Morgan fingerprint density at radius 2 is 1.97 bits per heavy atom. The molecule has 0 aliphatic carbocycles. The summed E-state index contributed by atoms with van der Waals surface area (Å²) in [5.74, 6) is 0.903. The third kappa shape index (κ3) is 3.37. The molecule has 0 N–H and O–H groups in total. The predicted octanol–water partition coefficient (Wildman–Crippen LogP) is 3.46. The Balaban J connectivity index is 1.50. The summed E-state index contributed by atoms with van der Waals surface area (Å²) in [4.78, 5) is 15.6. The van der Waals surface area contributed by atoms with Crippen molar-refractivity contribution >= 4 is 33.9 Å². The normalized spacial score (nSPS) is 15.9. The maximum absolute atomic E-state index is 9.06. The number of nitrogens with zero attached hydrogens (tertiary/aromatic N) is 6. The van der Waals surface area contributed by atoms with Crippen molar-refractivity contribution in [3.05, 3.63) is 52.7 Å². The van der Waals surface area contributed by atoms with Gasteiger partial charge in [0.25, 0.3) is 0 Å². The molecule has 0 radical (unpaired) electrons. The molecular weight excluding hydrogens is 412 g/mol. The Hall–Kier alpha value is -3.24. The van der Waals surface area contributed by atoms with E-state index in [1.54, 1.807) is 12.0 Å². The highest BCUT2D eigenvalue weighted by atomic mass is 35.5. The summed E-state index contributed by atoms with van der Waals surface area (Å²) in [6.07, 6.45) is 3.03. The highest BCUT2D eigenvalue weighted by Crippen LogP contribution is 2.37. The van der Waals surface area contributed by atoms with Gasteiger partial charge in [0.15, 0.2) is 6.19 Å². The fourth-order valence-corrected chi connectivity index (χ4v) is 4.75. The summed E-state index contributed by atoms with van der Waals surface area (Å²) >= 11 is 6.57. The third-order valence-electron chi connectivity index (χ3n) is 6.26. The number of benzene rings is 2. The fourth-order valence-electron chi connectivity index (χ4n) is 4.47. The molecule has 1 aromatic heterocycles. The summed E-state index contributed by atoms with van der Waals surface area (Å²) in [5.41, 5.74) is 3.24. The zero-order valence-electron chi connectivity index (χ0n) is 17.5. The van der Waals surface area contributed by atoms with E-state index in [0.29, 0.717) is 25.6 Å². The maximum Gasteiger partial charge on any atom is 0.318 e. The average molecular weight is 435 g/mol. The zero-order valence-corrected chi connectivity index (χ0v) is 18.3. The monoisotopic (exact) mass is 434 g/mol. The van der Waals surface area contributed by atoms with Crippen molar-refractivity contribution in [1.82, 2.24) is 14.9 Å². The van der Waals surface area contributed by atoms with Crippen LogP contribution < -0.4 is 14.5 Å². The summed E-state index contributed by atoms with van der Waals surface area (Å²) in [5, 5.41) is 12.0. The molecule has 0 atom stereocenters. The molecule has 0 saturated carbocycles. The predicted molar refractivity (Wildman–Crippen MR) is 122 cm³/mol. The lowest BCUT2D eigenvalue weighted by Crippen LogP contribution is -2.57. The third-order valence-corrected chi connectivity index (χ3v) is 6.58. The summed E-state index contributed by atoms with van der Waals surface area (Å²) < 4.78 is 5.42. The van der Waals surface area contributed by atoms with Crippen molar-refractivity contribution in [1.29, 1.82) is 5.26 Å². The van der Waals surface area contributed by atoms with E-state index in [9.17, 15) is 0 Å². The van der Waals surface area contributed by atoms with Crippen LogP contribution in [0.1, 0.15) is 11.3 Å². The van der Waals surface area contributed by atoms with Crippen LogP contribution in [-0.4, -0.2) is 54.7 Å². The van der Waals surface area contributed by atoms with E-state index in [1.807, 2.05) is 19.2 Å². The first-order valence-electron chi connectivity index (χ1n) is 10.3. The van der Waals surface area contributed by atoms with Crippen LogP contribution in [0.15, 0.2) is 36.4 Å². The van der Waals surface area contributed by atoms with Gasteiger partial charge in [-0.3, -0.25) is 0 Å². The van der Waals surface area contributed by atoms with Crippen LogP contribution in [0.4, 0.5) is 11.5 Å². The number of methoxy groups -OCH3 is 1. The molecular formula is C23H23ClN6O. The summed E-state index contributed by atoms with van der Waals surface area (Å²) in [6, 6.07) is 12.9. The zero-order chi connectivity index (χ0) is 21.5. The number of halogens is 1. The molecule has 1 fully saturated rings. The van der Waals surface area contributed by atoms with Gasteiger partial charge in [-0.1, -0.05) is 35.9 Å². The van der Waals surface area contributed by atoms with Crippen molar-refractivity contribution < 1.29 is 4.74 Å². The van der Waals surface area contributed by atoms with Gasteiger partial charge in [-0.15, -0.1) is 0 Å².